The zero-order chi connectivity index (χ0) is 12.4. The van der Waals surface area contributed by atoms with Gasteiger partial charge in [-0.05, 0) is 13.8 Å². The van der Waals surface area contributed by atoms with E-state index < -0.39 is 0 Å². The molecule has 0 atom stereocenters. The molecule has 92 valence electrons. The predicted molar refractivity (Wildman–Crippen MR) is 63.4 cm³/mol. The smallest absolute Gasteiger partial charge is 0.223 e. The zero-order valence-electron chi connectivity index (χ0n) is 9.91. The lowest BCUT2D eigenvalue weighted by molar-refractivity contribution is 0.389. The average molecular weight is 254 g/mol. The van der Waals surface area contributed by atoms with Gasteiger partial charge >= 0.3 is 0 Å². The van der Waals surface area contributed by atoms with Crippen molar-refractivity contribution in [3.8, 4) is 0 Å². The number of hydrogen-bond acceptors (Lipinski definition) is 7. The Kier molecular flexibility index (Phi) is 3.32. The summed E-state index contributed by atoms with van der Waals surface area (Å²) in [7, 11) is 0. The maximum atomic E-state index is 5.74. The van der Waals surface area contributed by atoms with Crippen LogP contribution in [-0.4, -0.2) is 24.9 Å². The summed E-state index contributed by atoms with van der Waals surface area (Å²) in [6, 6.07) is 0.222. The molecule has 2 heterocycles. The monoisotopic (exact) mass is 254 g/mol. The molecule has 0 saturated carbocycles. The second-order valence-electron chi connectivity index (χ2n) is 3.82. The molecule has 2 rings (SSSR count). The van der Waals surface area contributed by atoms with Gasteiger partial charge in [0.15, 0.2) is 11.0 Å². The third-order valence-electron chi connectivity index (χ3n) is 2.11. The van der Waals surface area contributed by atoms with Gasteiger partial charge < -0.3 is 10.3 Å². The standard InChI is InChI=1S/C9H14N6OS/c1-5(2)15-8(10)12-13-9(15)17-4-7-11-6(3)16-14-7/h5H,4H2,1-3H3,(H2,10,12). The summed E-state index contributed by atoms with van der Waals surface area (Å²) in [5.41, 5.74) is 5.74. The fourth-order valence-corrected chi connectivity index (χ4v) is 2.32. The van der Waals surface area contributed by atoms with Crippen molar-refractivity contribution in [1.82, 2.24) is 24.9 Å². The van der Waals surface area contributed by atoms with E-state index in [-0.39, 0.29) is 6.04 Å². The van der Waals surface area contributed by atoms with Gasteiger partial charge in [-0.25, -0.2) is 0 Å². The Balaban J connectivity index is 2.09. The highest BCUT2D eigenvalue weighted by Crippen LogP contribution is 2.24. The van der Waals surface area contributed by atoms with Crippen LogP contribution in [0.15, 0.2) is 9.68 Å². The highest BCUT2D eigenvalue weighted by atomic mass is 32.2. The van der Waals surface area contributed by atoms with Crippen LogP contribution in [-0.2, 0) is 5.75 Å². The largest absolute Gasteiger partial charge is 0.368 e. The maximum Gasteiger partial charge on any atom is 0.223 e. The third kappa shape index (κ3) is 2.57. The molecule has 0 unspecified atom stereocenters. The van der Waals surface area contributed by atoms with Crippen molar-refractivity contribution >= 4 is 17.7 Å². The molecule has 0 aromatic carbocycles. The Morgan fingerprint density at radius 3 is 2.76 bits per heavy atom. The zero-order valence-corrected chi connectivity index (χ0v) is 10.7. The van der Waals surface area contributed by atoms with Gasteiger partial charge in [0, 0.05) is 13.0 Å². The van der Waals surface area contributed by atoms with Crippen LogP contribution < -0.4 is 5.73 Å². The normalized spacial score (nSPS) is 11.3. The minimum atomic E-state index is 0.222. The van der Waals surface area contributed by atoms with Crippen LogP contribution in [0.4, 0.5) is 5.95 Å². The van der Waals surface area contributed by atoms with Crippen LogP contribution in [0.25, 0.3) is 0 Å². The number of aryl methyl sites for hydroxylation is 1. The van der Waals surface area contributed by atoms with Gasteiger partial charge in [0.2, 0.25) is 11.8 Å². The summed E-state index contributed by atoms with van der Waals surface area (Å²) >= 11 is 1.49. The molecule has 7 nitrogen and oxygen atoms in total. The van der Waals surface area contributed by atoms with Crippen LogP contribution >= 0.6 is 11.8 Å². The molecule has 0 fully saturated rings. The van der Waals surface area contributed by atoms with E-state index in [0.29, 0.717) is 23.4 Å². The van der Waals surface area contributed by atoms with E-state index in [0.717, 1.165) is 5.16 Å². The van der Waals surface area contributed by atoms with E-state index in [4.69, 9.17) is 10.3 Å². The first-order valence-electron chi connectivity index (χ1n) is 5.20. The van der Waals surface area contributed by atoms with E-state index in [1.165, 1.54) is 11.8 Å². The summed E-state index contributed by atoms with van der Waals surface area (Å²) in [4.78, 5) is 4.12. The molecule has 0 radical (unpaired) electrons. The topological polar surface area (TPSA) is 95.7 Å². The van der Waals surface area contributed by atoms with Crippen LogP contribution in [0, 0.1) is 6.92 Å². The Morgan fingerprint density at radius 1 is 1.41 bits per heavy atom. The molecule has 17 heavy (non-hydrogen) atoms. The van der Waals surface area contributed by atoms with Crippen LogP contribution in [0.2, 0.25) is 0 Å². The van der Waals surface area contributed by atoms with Gasteiger partial charge in [-0.1, -0.05) is 16.9 Å². The first-order chi connectivity index (χ1) is 8.08. The van der Waals surface area contributed by atoms with Crippen molar-refractivity contribution in [2.24, 2.45) is 0 Å². The number of anilines is 1. The molecule has 0 aliphatic heterocycles. The molecule has 2 aromatic heterocycles. The van der Waals surface area contributed by atoms with Gasteiger partial charge in [0.05, 0.1) is 5.75 Å². The van der Waals surface area contributed by atoms with Crippen LogP contribution in [0.3, 0.4) is 0 Å². The SMILES string of the molecule is Cc1nc(CSc2nnc(N)n2C(C)C)no1. The predicted octanol–water partition coefficient (Wildman–Crippen LogP) is 1.42. The molecule has 0 aliphatic carbocycles. The molecule has 0 aliphatic rings. The first kappa shape index (κ1) is 11.9. The van der Waals surface area contributed by atoms with Crippen molar-refractivity contribution in [3.63, 3.8) is 0 Å². The van der Waals surface area contributed by atoms with Gasteiger partial charge in [-0.15, -0.1) is 10.2 Å². The summed E-state index contributed by atoms with van der Waals surface area (Å²) in [5, 5.41) is 12.5. The van der Waals surface area contributed by atoms with E-state index in [1.54, 1.807) is 6.92 Å². The van der Waals surface area contributed by atoms with Crippen molar-refractivity contribution in [2.75, 3.05) is 5.73 Å². The molecule has 2 aromatic rings. The van der Waals surface area contributed by atoms with E-state index in [2.05, 4.69) is 20.3 Å². The highest BCUT2D eigenvalue weighted by molar-refractivity contribution is 7.98. The molecule has 8 heteroatoms. The van der Waals surface area contributed by atoms with Crippen molar-refractivity contribution in [2.45, 2.75) is 37.7 Å². The summed E-state index contributed by atoms with van der Waals surface area (Å²) in [6.45, 7) is 5.82. The maximum absolute atomic E-state index is 5.74. The number of hydrogen-bond donors (Lipinski definition) is 1. The van der Waals surface area contributed by atoms with Crippen molar-refractivity contribution in [1.29, 1.82) is 0 Å². The molecule has 0 saturated heterocycles. The summed E-state index contributed by atoms with van der Waals surface area (Å²) in [5.74, 6) is 2.21. The Bertz CT molecular complexity index is 505. The van der Waals surface area contributed by atoms with Crippen molar-refractivity contribution in [3.05, 3.63) is 11.7 Å². The lowest BCUT2D eigenvalue weighted by Gasteiger charge is -2.10. The summed E-state index contributed by atoms with van der Waals surface area (Å²) in [6.07, 6.45) is 0. The van der Waals surface area contributed by atoms with Gasteiger partial charge in [0.25, 0.3) is 0 Å². The fourth-order valence-electron chi connectivity index (χ4n) is 1.40. The second-order valence-corrected chi connectivity index (χ2v) is 4.77. The molecular formula is C9H14N6OS. The molecule has 0 bridgehead atoms. The first-order valence-corrected chi connectivity index (χ1v) is 6.19. The lowest BCUT2D eigenvalue weighted by atomic mass is 10.4. The Labute approximate surface area is 103 Å². The van der Waals surface area contributed by atoms with Gasteiger partial charge in [0.1, 0.15) is 0 Å². The summed E-state index contributed by atoms with van der Waals surface area (Å²) < 4.78 is 6.77. The minimum absolute atomic E-state index is 0.222. The van der Waals surface area contributed by atoms with E-state index in [1.807, 2.05) is 18.4 Å². The molecule has 2 N–H and O–H groups in total. The highest BCUT2D eigenvalue weighted by Gasteiger charge is 2.14. The number of nitrogen functional groups attached to an aromatic ring is 1. The second kappa shape index (κ2) is 4.74. The van der Waals surface area contributed by atoms with Crippen LogP contribution in [0.1, 0.15) is 31.6 Å². The average Bonchev–Trinajstić information content (AvgIpc) is 2.82. The number of nitrogens with zero attached hydrogens (tertiary/aromatic N) is 5. The lowest BCUT2D eigenvalue weighted by Crippen LogP contribution is -2.07. The van der Waals surface area contributed by atoms with Gasteiger partial charge in [-0.3, -0.25) is 4.57 Å². The van der Waals surface area contributed by atoms with E-state index in [9.17, 15) is 0 Å². The Hall–Kier alpha value is -1.57. The molecule has 0 amide bonds. The van der Waals surface area contributed by atoms with Gasteiger partial charge in [-0.2, -0.15) is 4.98 Å². The van der Waals surface area contributed by atoms with Crippen LogP contribution in [0.5, 0.6) is 0 Å². The van der Waals surface area contributed by atoms with E-state index >= 15 is 0 Å². The number of nitrogens with two attached hydrogens (primary N) is 1. The minimum Gasteiger partial charge on any atom is -0.368 e. The Morgan fingerprint density at radius 2 is 2.18 bits per heavy atom. The number of thioether (sulfide) groups is 1. The molecular weight excluding hydrogens is 240 g/mol. The fraction of sp³-hybridized carbons (Fsp3) is 0.556. The van der Waals surface area contributed by atoms with Crippen molar-refractivity contribution < 1.29 is 4.52 Å². The quantitative estimate of drug-likeness (QED) is 0.824. The number of rotatable bonds is 4. The third-order valence-corrected chi connectivity index (χ3v) is 3.05. The number of aromatic nitrogens is 5. The molecule has 0 spiro atoms.